The molecular weight excluding hydrogens is 307 g/mol. The molecule has 0 aromatic heterocycles. The summed E-state index contributed by atoms with van der Waals surface area (Å²) in [7, 11) is 1.97. The minimum Gasteiger partial charge on any atom is -0.342 e. The van der Waals surface area contributed by atoms with Crippen molar-refractivity contribution in [2.45, 2.75) is 25.7 Å². The third-order valence-corrected chi connectivity index (χ3v) is 4.16. The summed E-state index contributed by atoms with van der Waals surface area (Å²) in [5.74, 6) is 0.883. The van der Waals surface area contributed by atoms with E-state index in [1.54, 1.807) is 0 Å². The highest BCUT2D eigenvalue weighted by atomic mass is 35.5. The molecule has 1 unspecified atom stereocenters. The van der Waals surface area contributed by atoms with E-state index in [0.717, 1.165) is 37.5 Å². The van der Waals surface area contributed by atoms with Crippen LogP contribution in [0.3, 0.4) is 0 Å². The van der Waals surface area contributed by atoms with Crippen molar-refractivity contribution in [1.82, 2.24) is 10.2 Å². The van der Waals surface area contributed by atoms with Crippen LogP contribution in [-0.2, 0) is 11.2 Å². The maximum Gasteiger partial charge on any atom is 0.222 e. The van der Waals surface area contributed by atoms with Crippen LogP contribution in [0, 0.1) is 5.92 Å². The Morgan fingerprint density at radius 2 is 2.10 bits per heavy atom. The van der Waals surface area contributed by atoms with Gasteiger partial charge in [0.1, 0.15) is 0 Å². The van der Waals surface area contributed by atoms with Gasteiger partial charge in [0.25, 0.3) is 0 Å². The molecule has 0 radical (unpaired) electrons. The van der Waals surface area contributed by atoms with E-state index >= 15 is 0 Å². The maximum absolute atomic E-state index is 12.3. The first-order valence-corrected chi connectivity index (χ1v) is 7.73. The topological polar surface area (TPSA) is 32.3 Å². The average Bonchev–Trinajstić information content (AvgIpc) is 2.47. The molecule has 3 nitrogen and oxygen atoms in total. The number of carbonyl (C=O) groups excluding carboxylic acids is 1. The van der Waals surface area contributed by atoms with Crippen LogP contribution in [-0.4, -0.2) is 37.5 Å². The number of amides is 1. The van der Waals surface area contributed by atoms with Gasteiger partial charge in [0.05, 0.1) is 0 Å². The van der Waals surface area contributed by atoms with Crippen molar-refractivity contribution < 1.29 is 4.79 Å². The van der Waals surface area contributed by atoms with Crippen molar-refractivity contribution >= 4 is 29.9 Å². The van der Waals surface area contributed by atoms with Gasteiger partial charge in [-0.3, -0.25) is 4.79 Å². The summed E-state index contributed by atoms with van der Waals surface area (Å²) in [4.78, 5) is 14.3. The zero-order chi connectivity index (χ0) is 14.4. The molecule has 0 aliphatic carbocycles. The Labute approximate surface area is 138 Å². The number of rotatable bonds is 5. The van der Waals surface area contributed by atoms with Gasteiger partial charge in [-0.15, -0.1) is 12.4 Å². The van der Waals surface area contributed by atoms with Crippen LogP contribution in [0.2, 0.25) is 5.02 Å². The molecule has 5 heteroatoms. The van der Waals surface area contributed by atoms with Gasteiger partial charge in [-0.1, -0.05) is 23.7 Å². The highest BCUT2D eigenvalue weighted by Gasteiger charge is 2.22. The number of likely N-dealkylation sites (tertiary alicyclic amines) is 1. The Bertz CT molecular complexity index is 434. The number of piperidine rings is 1. The van der Waals surface area contributed by atoms with E-state index in [1.165, 1.54) is 12.0 Å². The molecule has 1 aliphatic heterocycles. The van der Waals surface area contributed by atoms with Gasteiger partial charge in [0, 0.05) is 24.5 Å². The molecule has 1 amide bonds. The highest BCUT2D eigenvalue weighted by molar-refractivity contribution is 6.30. The molecule has 21 heavy (non-hydrogen) atoms. The summed E-state index contributed by atoms with van der Waals surface area (Å²) in [5, 5.41) is 3.95. The van der Waals surface area contributed by atoms with Crippen molar-refractivity contribution in [2.75, 3.05) is 26.7 Å². The number of carbonyl (C=O) groups is 1. The second kappa shape index (κ2) is 9.29. The minimum absolute atomic E-state index is 0. The molecule has 1 fully saturated rings. The Morgan fingerprint density at radius 1 is 1.38 bits per heavy atom. The Hall–Kier alpha value is -0.770. The van der Waals surface area contributed by atoms with Crippen LogP contribution < -0.4 is 5.32 Å². The lowest BCUT2D eigenvalue weighted by Crippen LogP contribution is -2.42. The van der Waals surface area contributed by atoms with Crippen LogP contribution >= 0.6 is 24.0 Å². The predicted molar refractivity (Wildman–Crippen MR) is 90.3 cm³/mol. The first kappa shape index (κ1) is 18.3. The molecular formula is C16H24Cl2N2O. The SMILES string of the molecule is CNCC1CCCN(C(=O)CCc2ccc(Cl)cc2)C1.Cl. The lowest BCUT2D eigenvalue weighted by molar-refractivity contribution is -0.132. The lowest BCUT2D eigenvalue weighted by atomic mass is 9.97. The van der Waals surface area contributed by atoms with Crippen molar-refractivity contribution in [3.63, 3.8) is 0 Å². The quantitative estimate of drug-likeness (QED) is 0.899. The Kier molecular flexibility index (Phi) is 8.09. The van der Waals surface area contributed by atoms with Gasteiger partial charge in [0.2, 0.25) is 5.91 Å². The summed E-state index contributed by atoms with van der Waals surface area (Å²) in [6, 6.07) is 7.75. The highest BCUT2D eigenvalue weighted by Crippen LogP contribution is 2.17. The number of hydrogen-bond acceptors (Lipinski definition) is 2. The molecule has 1 atom stereocenters. The van der Waals surface area contributed by atoms with Crippen LogP contribution in [0.5, 0.6) is 0 Å². The van der Waals surface area contributed by atoms with Gasteiger partial charge < -0.3 is 10.2 Å². The summed E-state index contributed by atoms with van der Waals surface area (Å²) in [6.07, 6.45) is 3.73. The minimum atomic E-state index is 0. The molecule has 0 spiro atoms. The number of nitrogens with zero attached hydrogens (tertiary/aromatic N) is 1. The summed E-state index contributed by atoms with van der Waals surface area (Å²) < 4.78 is 0. The van der Waals surface area contributed by atoms with Crippen molar-refractivity contribution in [2.24, 2.45) is 5.92 Å². The molecule has 1 heterocycles. The number of aryl methyl sites for hydroxylation is 1. The normalized spacial score (nSPS) is 18.2. The van der Waals surface area contributed by atoms with E-state index < -0.39 is 0 Å². The number of benzene rings is 1. The van der Waals surface area contributed by atoms with Gasteiger partial charge >= 0.3 is 0 Å². The van der Waals surface area contributed by atoms with E-state index in [2.05, 4.69) is 5.32 Å². The van der Waals surface area contributed by atoms with Crippen molar-refractivity contribution in [1.29, 1.82) is 0 Å². The van der Waals surface area contributed by atoms with Gasteiger partial charge in [-0.05, 0) is 56.5 Å². The number of nitrogens with one attached hydrogen (secondary N) is 1. The second-order valence-corrected chi connectivity index (χ2v) is 5.97. The number of halogens is 2. The summed E-state index contributed by atoms with van der Waals surface area (Å²) in [5.41, 5.74) is 1.17. The first-order valence-electron chi connectivity index (χ1n) is 7.36. The third-order valence-electron chi connectivity index (χ3n) is 3.91. The summed E-state index contributed by atoms with van der Waals surface area (Å²) in [6.45, 7) is 2.82. The van der Waals surface area contributed by atoms with E-state index in [-0.39, 0.29) is 18.3 Å². The zero-order valence-electron chi connectivity index (χ0n) is 12.5. The molecule has 1 N–H and O–H groups in total. The molecule has 1 saturated heterocycles. The fourth-order valence-electron chi connectivity index (χ4n) is 2.81. The van der Waals surface area contributed by atoms with Gasteiger partial charge in [-0.25, -0.2) is 0 Å². The van der Waals surface area contributed by atoms with Crippen LogP contribution in [0.4, 0.5) is 0 Å². The fourth-order valence-corrected chi connectivity index (χ4v) is 2.93. The third kappa shape index (κ3) is 5.85. The monoisotopic (exact) mass is 330 g/mol. The van der Waals surface area contributed by atoms with Crippen LogP contribution in [0.1, 0.15) is 24.8 Å². The molecule has 118 valence electrons. The maximum atomic E-state index is 12.3. The molecule has 1 aromatic carbocycles. The van der Waals surface area contributed by atoms with Crippen LogP contribution in [0.15, 0.2) is 24.3 Å². The van der Waals surface area contributed by atoms with Crippen molar-refractivity contribution in [3.8, 4) is 0 Å². The number of hydrogen-bond donors (Lipinski definition) is 1. The van der Waals surface area contributed by atoms with Crippen LogP contribution in [0.25, 0.3) is 0 Å². The van der Waals surface area contributed by atoms with E-state index in [9.17, 15) is 4.79 Å². The smallest absolute Gasteiger partial charge is 0.222 e. The lowest BCUT2D eigenvalue weighted by Gasteiger charge is -2.32. The van der Waals surface area contributed by atoms with Gasteiger partial charge in [-0.2, -0.15) is 0 Å². The molecule has 1 aromatic rings. The van der Waals surface area contributed by atoms with Crippen molar-refractivity contribution in [3.05, 3.63) is 34.9 Å². The molecule has 1 aliphatic rings. The van der Waals surface area contributed by atoms with E-state index in [1.807, 2.05) is 36.2 Å². The molecule has 0 bridgehead atoms. The summed E-state index contributed by atoms with van der Waals surface area (Å²) >= 11 is 5.86. The fraction of sp³-hybridized carbons (Fsp3) is 0.562. The Morgan fingerprint density at radius 3 is 2.76 bits per heavy atom. The zero-order valence-corrected chi connectivity index (χ0v) is 14.1. The largest absolute Gasteiger partial charge is 0.342 e. The molecule has 2 rings (SSSR count). The second-order valence-electron chi connectivity index (χ2n) is 5.53. The first-order chi connectivity index (χ1) is 9.69. The Balaban J connectivity index is 0.00000220. The standard InChI is InChI=1S/C16H23ClN2O.ClH/c1-18-11-14-3-2-10-19(12-14)16(20)9-6-13-4-7-15(17)8-5-13;/h4-5,7-8,14,18H,2-3,6,9-12H2,1H3;1H. The average molecular weight is 331 g/mol. The van der Waals surface area contributed by atoms with E-state index in [0.29, 0.717) is 12.3 Å². The predicted octanol–water partition coefficient (Wildman–Crippen LogP) is 3.15. The van der Waals surface area contributed by atoms with Gasteiger partial charge in [0.15, 0.2) is 0 Å². The molecule has 0 saturated carbocycles. The van der Waals surface area contributed by atoms with E-state index in [4.69, 9.17) is 11.6 Å².